The van der Waals surface area contributed by atoms with Crippen molar-refractivity contribution in [3.05, 3.63) is 83.4 Å². The van der Waals surface area contributed by atoms with Gasteiger partial charge in [0.25, 0.3) is 5.91 Å². The van der Waals surface area contributed by atoms with Gasteiger partial charge in [-0.15, -0.1) is 13.2 Å². The van der Waals surface area contributed by atoms with Gasteiger partial charge in [-0.25, -0.2) is 4.72 Å². The Kier molecular flexibility index (Phi) is 11.4. The Morgan fingerprint density at radius 3 is 2.79 bits per heavy atom. The topological polar surface area (TPSA) is 108 Å². The number of aryl methyl sites for hydroxylation is 1. The van der Waals surface area contributed by atoms with E-state index >= 15 is 0 Å². The number of fused-ring (bicyclic) bond motifs is 3. The fraction of sp³-hybridized carbons (Fsp3) is 0.528. The van der Waals surface area contributed by atoms with Crippen LogP contribution in [0.1, 0.15) is 66.9 Å². The molecule has 1 spiro atoms. The van der Waals surface area contributed by atoms with Gasteiger partial charge >= 0.3 is 10.2 Å². The van der Waals surface area contributed by atoms with Crippen molar-refractivity contribution in [1.29, 1.82) is 0 Å². The number of hydrogen-bond donors (Lipinski definition) is 2. The van der Waals surface area contributed by atoms with Crippen LogP contribution in [-0.2, 0) is 26.8 Å². The van der Waals surface area contributed by atoms with Crippen molar-refractivity contribution in [1.82, 2.24) is 9.03 Å². The maximum absolute atomic E-state index is 13.6. The molecule has 3 aliphatic rings. The molecule has 47 heavy (non-hydrogen) atoms. The summed E-state index contributed by atoms with van der Waals surface area (Å²) in [5.74, 6) is 0.259. The number of hydrogen-bond acceptors (Lipinski definition) is 7. The van der Waals surface area contributed by atoms with E-state index < -0.39 is 28.3 Å². The van der Waals surface area contributed by atoms with Crippen molar-refractivity contribution in [2.45, 2.75) is 69.4 Å². The monoisotopic (exact) mass is 685 g/mol. The fourth-order valence-corrected chi connectivity index (χ4v) is 9.11. The van der Waals surface area contributed by atoms with Crippen molar-refractivity contribution in [2.75, 3.05) is 44.9 Å². The molecule has 9 nitrogen and oxygen atoms in total. The van der Waals surface area contributed by atoms with Gasteiger partial charge in [0.05, 0.1) is 18.4 Å². The minimum atomic E-state index is -4.17. The quantitative estimate of drug-likeness (QED) is 0.195. The van der Waals surface area contributed by atoms with E-state index in [1.807, 2.05) is 6.07 Å². The molecular formula is C36H48ClN3O6S. The standard InChI is InChI=1S/C36H48ClN3O6S/c1-5-9-25(3)40(18-8-19-45-4)47(43,44)38-35(42)27-12-16-34-32(21-27)39(22-28-11-14-30(28)33(41)6-2)23-36(24-46-34)17-7-10-26-20-29(37)13-15-31(26)36/h5-6,12-13,15-16,20-21,25,28,30,33,41H,1-2,7-11,14,17-19,22-24H2,3-4H3,(H,38,42)/t25-,28-,30+,33-,36-/m0/s1. The number of carbonyl (C=O) groups is 1. The van der Waals surface area contributed by atoms with Gasteiger partial charge in [0.1, 0.15) is 5.75 Å². The van der Waals surface area contributed by atoms with Gasteiger partial charge in [-0.3, -0.25) is 4.79 Å². The summed E-state index contributed by atoms with van der Waals surface area (Å²) >= 11 is 6.40. The number of halogens is 1. The number of aliphatic hydroxyl groups is 1. The summed E-state index contributed by atoms with van der Waals surface area (Å²) in [5.41, 5.74) is 3.12. The molecule has 1 saturated carbocycles. The van der Waals surface area contributed by atoms with Crippen LogP contribution >= 0.6 is 11.6 Å². The van der Waals surface area contributed by atoms with Crippen LogP contribution in [0.4, 0.5) is 5.69 Å². The van der Waals surface area contributed by atoms with Crippen LogP contribution in [-0.4, -0.2) is 75.8 Å². The molecule has 0 radical (unpaired) electrons. The molecule has 1 heterocycles. The fourth-order valence-electron chi connectivity index (χ4n) is 7.52. The van der Waals surface area contributed by atoms with Gasteiger partial charge in [-0.05, 0) is 105 Å². The van der Waals surface area contributed by atoms with E-state index in [2.05, 4.69) is 34.9 Å². The molecule has 0 aromatic heterocycles. The second-order valence-corrected chi connectivity index (χ2v) is 15.3. The zero-order valence-electron chi connectivity index (χ0n) is 27.5. The molecular weight excluding hydrogens is 638 g/mol. The van der Waals surface area contributed by atoms with Crippen molar-refractivity contribution in [2.24, 2.45) is 11.8 Å². The number of amides is 1. The van der Waals surface area contributed by atoms with E-state index in [1.54, 1.807) is 44.4 Å². The van der Waals surface area contributed by atoms with E-state index in [0.29, 0.717) is 49.9 Å². The predicted octanol–water partition coefficient (Wildman–Crippen LogP) is 5.66. The summed E-state index contributed by atoms with van der Waals surface area (Å²) in [7, 11) is -2.60. The Labute approximate surface area is 284 Å². The van der Waals surface area contributed by atoms with Crippen molar-refractivity contribution in [3.63, 3.8) is 0 Å². The molecule has 256 valence electrons. The van der Waals surface area contributed by atoms with Crippen LogP contribution in [0, 0.1) is 11.8 Å². The predicted molar refractivity (Wildman–Crippen MR) is 186 cm³/mol. The lowest BCUT2D eigenvalue weighted by atomic mass is 9.68. The molecule has 2 aromatic rings. The van der Waals surface area contributed by atoms with Crippen LogP contribution in [0.25, 0.3) is 0 Å². The van der Waals surface area contributed by atoms with E-state index in [9.17, 15) is 18.3 Å². The van der Waals surface area contributed by atoms with Crippen LogP contribution in [0.5, 0.6) is 5.75 Å². The van der Waals surface area contributed by atoms with E-state index in [0.717, 1.165) is 37.8 Å². The number of ether oxygens (including phenoxy) is 2. The van der Waals surface area contributed by atoms with Gasteiger partial charge in [-0.2, -0.15) is 12.7 Å². The number of carbonyl (C=O) groups excluding carboxylic acids is 1. The molecule has 0 saturated heterocycles. The number of anilines is 1. The maximum Gasteiger partial charge on any atom is 0.304 e. The van der Waals surface area contributed by atoms with Crippen LogP contribution in [0.15, 0.2) is 61.7 Å². The normalized spacial score (nSPS) is 23.5. The highest BCUT2D eigenvalue weighted by atomic mass is 35.5. The molecule has 1 amide bonds. The summed E-state index contributed by atoms with van der Waals surface area (Å²) in [5, 5.41) is 11.4. The zero-order valence-corrected chi connectivity index (χ0v) is 29.1. The molecule has 5 rings (SSSR count). The van der Waals surface area contributed by atoms with Crippen molar-refractivity contribution >= 4 is 33.4 Å². The average Bonchev–Trinajstić information content (AvgIpc) is 3.17. The minimum absolute atomic E-state index is 0.104. The largest absolute Gasteiger partial charge is 0.490 e. The molecule has 0 unspecified atom stereocenters. The Morgan fingerprint density at radius 2 is 2.09 bits per heavy atom. The number of aliphatic hydroxyl groups excluding tert-OH is 1. The lowest BCUT2D eigenvalue weighted by Crippen LogP contribution is -2.49. The molecule has 1 fully saturated rings. The molecule has 2 N–H and O–H groups in total. The van der Waals surface area contributed by atoms with Gasteiger partial charge in [-0.1, -0.05) is 29.8 Å². The molecule has 2 aromatic carbocycles. The van der Waals surface area contributed by atoms with Gasteiger partial charge < -0.3 is 19.5 Å². The maximum atomic E-state index is 13.6. The average molecular weight is 686 g/mol. The third-order valence-corrected chi connectivity index (χ3v) is 12.0. The number of nitrogens with zero attached hydrogens (tertiary/aromatic N) is 2. The highest BCUT2D eigenvalue weighted by Crippen LogP contribution is 2.46. The lowest BCUT2D eigenvalue weighted by molar-refractivity contribution is 0.0460. The highest BCUT2D eigenvalue weighted by Gasteiger charge is 2.44. The van der Waals surface area contributed by atoms with Crippen LogP contribution < -0.4 is 14.4 Å². The number of methoxy groups -OCH3 is 1. The molecule has 11 heteroatoms. The summed E-state index contributed by atoms with van der Waals surface area (Å²) in [6.07, 6.45) is 8.39. The molecule has 2 aliphatic carbocycles. The van der Waals surface area contributed by atoms with Crippen molar-refractivity contribution in [3.8, 4) is 5.75 Å². The first-order valence-electron chi connectivity index (χ1n) is 16.6. The first-order valence-corrected chi connectivity index (χ1v) is 18.4. The first kappa shape index (κ1) is 35.4. The summed E-state index contributed by atoms with van der Waals surface area (Å²) in [4.78, 5) is 15.9. The van der Waals surface area contributed by atoms with Crippen molar-refractivity contribution < 1.29 is 27.8 Å². The second-order valence-electron chi connectivity index (χ2n) is 13.3. The Balaban J connectivity index is 1.47. The Bertz CT molecular complexity index is 1570. The third-order valence-electron chi connectivity index (χ3n) is 10.2. The summed E-state index contributed by atoms with van der Waals surface area (Å²) < 4.78 is 42.4. The molecule has 0 bridgehead atoms. The number of nitrogens with one attached hydrogen (secondary N) is 1. The number of benzene rings is 2. The van der Waals surface area contributed by atoms with Crippen LogP contribution in [0.2, 0.25) is 5.02 Å². The Morgan fingerprint density at radius 1 is 1.28 bits per heavy atom. The van der Waals surface area contributed by atoms with E-state index in [4.69, 9.17) is 21.1 Å². The first-order chi connectivity index (χ1) is 22.5. The van der Waals surface area contributed by atoms with E-state index in [1.165, 1.54) is 15.4 Å². The lowest BCUT2D eigenvalue weighted by Gasteiger charge is -2.45. The highest BCUT2D eigenvalue weighted by molar-refractivity contribution is 7.87. The number of rotatable bonds is 14. The summed E-state index contributed by atoms with van der Waals surface area (Å²) in [6.45, 7) is 11.7. The third kappa shape index (κ3) is 7.73. The Hall–Kier alpha value is -2.89. The van der Waals surface area contributed by atoms with Gasteiger partial charge in [0.15, 0.2) is 0 Å². The van der Waals surface area contributed by atoms with Gasteiger partial charge in [0, 0.05) is 55.4 Å². The zero-order chi connectivity index (χ0) is 33.8. The van der Waals surface area contributed by atoms with Gasteiger partial charge in [0.2, 0.25) is 0 Å². The minimum Gasteiger partial charge on any atom is -0.490 e. The van der Waals surface area contributed by atoms with Crippen LogP contribution in [0.3, 0.4) is 0 Å². The SMILES string of the molecule is C=CC[C@H](C)N(CCCOC)S(=O)(=O)NC(=O)c1ccc2c(c1)N(C[C@@H]1CC[C@H]1[C@@H](O)C=C)C[C@@]1(CCCc3cc(Cl)ccc31)CO2. The molecule has 1 aliphatic heterocycles. The smallest absolute Gasteiger partial charge is 0.304 e. The second kappa shape index (κ2) is 15.1. The molecule has 5 atom stereocenters. The summed E-state index contributed by atoms with van der Waals surface area (Å²) in [6, 6.07) is 10.8. The van der Waals surface area contributed by atoms with E-state index in [-0.39, 0.29) is 29.4 Å².